The van der Waals surface area contributed by atoms with Gasteiger partial charge >= 0.3 is 6.03 Å². The smallest absolute Gasteiger partial charge is 0.320 e. The highest BCUT2D eigenvalue weighted by Crippen LogP contribution is 2.49. The molecule has 1 saturated carbocycles. The van der Waals surface area contributed by atoms with Gasteiger partial charge in [-0.2, -0.15) is 0 Å². The van der Waals surface area contributed by atoms with Crippen LogP contribution < -0.4 is 5.73 Å². The van der Waals surface area contributed by atoms with Crippen LogP contribution in [0.1, 0.15) is 45.1 Å². The van der Waals surface area contributed by atoms with Crippen molar-refractivity contribution in [1.29, 1.82) is 0 Å². The van der Waals surface area contributed by atoms with Crippen molar-refractivity contribution in [2.75, 3.05) is 46.9 Å². The van der Waals surface area contributed by atoms with Gasteiger partial charge in [-0.25, -0.2) is 4.79 Å². The van der Waals surface area contributed by atoms with Gasteiger partial charge < -0.3 is 20.3 Å². The second-order valence-corrected chi connectivity index (χ2v) is 10.9. The van der Waals surface area contributed by atoms with Gasteiger partial charge in [-0.1, -0.05) is 30.3 Å². The summed E-state index contributed by atoms with van der Waals surface area (Å²) in [5.74, 6) is 0.0270. The Morgan fingerprint density at radius 1 is 1.16 bits per heavy atom. The van der Waals surface area contributed by atoms with E-state index in [4.69, 9.17) is 10.5 Å². The maximum Gasteiger partial charge on any atom is 0.320 e. The van der Waals surface area contributed by atoms with Crippen LogP contribution in [0.25, 0.3) is 0 Å². The third-order valence-electron chi connectivity index (χ3n) is 8.14. The first kappa shape index (κ1) is 23.1. The minimum absolute atomic E-state index is 0.0271. The van der Waals surface area contributed by atoms with Gasteiger partial charge in [0, 0.05) is 31.1 Å². The molecule has 7 heteroatoms. The molecule has 3 fully saturated rings. The number of amides is 3. The Labute approximate surface area is 191 Å². The van der Waals surface area contributed by atoms with Gasteiger partial charge in [-0.15, -0.1) is 0 Å². The summed E-state index contributed by atoms with van der Waals surface area (Å²) in [7, 11) is 4.33. The van der Waals surface area contributed by atoms with E-state index in [1.807, 2.05) is 18.7 Å². The van der Waals surface area contributed by atoms with Gasteiger partial charge in [-0.05, 0) is 59.2 Å². The van der Waals surface area contributed by atoms with E-state index in [1.165, 1.54) is 5.56 Å². The number of carbonyl (C=O) groups is 2. The van der Waals surface area contributed by atoms with E-state index in [1.54, 1.807) is 0 Å². The molecular formula is C25H38N4O3. The van der Waals surface area contributed by atoms with Crippen LogP contribution in [-0.2, 0) is 15.1 Å². The third-order valence-corrected chi connectivity index (χ3v) is 8.14. The third kappa shape index (κ3) is 3.90. The molecule has 0 unspecified atom stereocenters. The largest absolute Gasteiger partial charge is 0.381 e. The molecule has 3 amide bonds. The molecular weight excluding hydrogens is 404 g/mol. The van der Waals surface area contributed by atoms with E-state index < -0.39 is 5.41 Å². The number of hydrogen-bond acceptors (Lipinski definition) is 4. The van der Waals surface area contributed by atoms with Crippen molar-refractivity contribution in [3.05, 3.63) is 35.9 Å². The zero-order valence-electron chi connectivity index (χ0n) is 20.0. The van der Waals surface area contributed by atoms with Crippen LogP contribution in [0.4, 0.5) is 4.79 Å². The molecule has 0 bridgehead atoms. The topological polar surface area (TPSA) is 79.1 Å². The number of rotatable bonds is 7. The molecule has 3 aliphatic rings. The predicted octanol–water partition coefficient (Wildman–Crippen LogP) is 2.65. The molecule has 4 rings (SSSR count). The van der Waals surface area contributed by atoms with Crippen molar-refractivity contribution < 1.29 is 14.3 Å². The highest BCUT2D eigenvalue weighted by molar-refractivity contribution is 5.83. The first-order valence-corrected chi connectivity index (χ1v) is 11.8. The van der Waals surface area contributed by atoms with Gasteiger partial charge in [0.2, 0.25) is 5.91 Å². The van der Waals surface area contributed by atoms with Crippen LogP contribution in [0.2, 0.25) is 0 Å². The maximum absolute atomic E-state index is 13.6. The van der Waals surface area contributed by atoms with E-state index in [2.05, 4.69) is 54.2 Å². The van der Waals surface area contributed by atoms with E-state index in [-0.39, 0.29) is 23.0 Å². The highest BCUT2D eigenvalue weighted by atomic mass is 16.5. The molecule has 1 spiro atoms. The van der Waals surface area contributed by atoms with Gasteiger partial charge in [0.25, 0.3) is 0 Å². The average Bonchev–Trinajstić information content (AvgIpc) is 2.96. The lowest BCUT2D eigenvalue weighted by Crippen LogP contribution is -2.57. The van der Waals surface area contributed by atoms with Crippen LogP contribution in [0, 0.1) is 11.3 Å². The standard InChI is InChI=1S/C25H38N4O3/c1-23(2,21(26)30)17-28-18-24(29(22(28)31)14-19-15-32-16-19)10-12-25(13-11-24,27(3)4)20-8-6-5-7-9-20/h5-9,19H,10-18H2,1-4H3,(H2,26,30). The van der Waals surface area contributed by atoms with Crippen molar-refractivity contribution in [3.8, 4) is 0 Å². The number of nitrogens with two attached hydrogens (primary N) is 1. The van der Waals surface area contributed by atoms with E-state index in [9.17, 15) is 9.59 Å². The van der Waals surface area contributed by atoms with Crippen LogP contribution in [-0.4, -0.2) is 79.1 Å². The molecule has 32 heavy (non-hydrogen) atoms. The Balaban J connectivity index is 1.59. The summed E-state index contributed by atoms with van der Waals surface area (Å²) >= 11 is 0. The van der Waals surface area contributed by atoms with E-state index >= 15 is 0 Å². The Morgan fingerprint density at radius 2 is 1.78 bits per heavy atom. The quantitative estimate of drug-likeness (QED) is 0.704. The summed E-state index contributed by atoms with van der Waals surface area (Å²) in [6.07, 6.45) is 3.85. The fourth-order valence-corrected chi connectivity index (χ4v) is 5.78. The molecule has 1 aliphatic carbocycles. The number of carbonyl (C=O) groups excluding carboxylic acids is 2. The number of hydrogen-bond donors (Lipinski definition) is 1. The lowest BCUT2D eigenvalue weighted by Gasteiger charge is -2.51. The number of ether oxygens (including phenoxy) is 1. The van der Waals surface area contributed by atoms with Crippen molar-refractivity contribution in [2.45, 2.75) is 50.6 Å². The Morgan fingerprint density at radius 3 is 2.28 bits per heavy atom. The molecule has 0 aromatic heterocycles. The number of nitrogens with zero attached hydrogens (tertiary/aromatic N) is 3. The van der Waals surface area contributed by atoms with E-state index in [0.29, 0.717) is 19.0 Å². The fraction of sp³-hybridized carbons (Fsp3) is 0.680. The molecule has 7 nitrogen and oxygen atoms in total. The number of primary amides is 1. The average molecular weight is 443 g/mol. The normalized spacial score (nSPS) is 29.1. The number of benzene rings is 1. The zero-order valence-corrected chi connectivity index (χ0v) is 20.0. The summed E-state index contributed by atoms with van der Waals surface area (Å²) in [6.45, 7) is 6.84. The first-order chi connectivity index (χ1) is 15.1. The zero-order chi connectivity index (χ0) is 23.1. The van der Waals surface area contributed by atoms with Crippen LogP contribution in [0.5, 0.6) is 0 Å². The minimum Gasteiger partial charge on any atom is -0.381 e. The van der Waals surface area contributed by atoms with Crippen molar-refractivity contribution in [1.82, 2.24) is 14.7 Å². The van der Waals surface area contributed by atoms with Gasteiger partial charge in [0.1, 0.15) is 0 Å². The lowest BCUT2D eigenvalue weighted by atomic mass is 9.68. The monoisotopic (exact) mass is 442 g/mol. The first-order valence-electron chi connectivity index (χ1n) is 11.8. The van der Waals surface area contributed by atoms with Crippen molar-refractivity contribution in [2.24, 2.45) is 17.1 Å². The minimum atomic E-state index is -0.751. The Hall–Kier alpha value is -2.12. The molecule has 1 aromatic rings. The van der Waals surface area contributed by atoms with Crippen LogP contribution in [0.15, 0.2) is 30.3 Å². The summed E-state index contributed by atoms with van der Waals surface area (Å²) < 4.78 is 5.40. The Kier molecular flexibility index (Phi) is 6.01. The fourth-order valence-electron chi connectivity index (χ4n) is 5.78. The van der Waals surface area contributed by atoms with Gasteiger partial charge in [-0.3, -0.25) is 9.69 Å². The predicted molar refractivity (Wildman–Crippen MR) is 124 cm³/mol. The van der Waals surface area contributed by atoms with E-state index in [0.717, 1.165) is 45.4 Å². The van der Waals surface area contributed by atoms with Crippen LogP contribution in [0.3, 0.4) is 0 Å². The summed E-state index contributed by atoms with van der Waals surface area (Å²) in [5.41, 5.74) is 5.99. The summed E-state index contributed by atoms with van der Waals surface area (Å²) in [5, 5.41) is 0. The molecule has 2 saturated heterocycles. The molecule has 0 radical (unpaired) electrons. The number of urea groups is 1. The second-order valence-electron chi connectivity index (χ2n) is 10.9. The molecule has 1 aromatic carbocycles. The van der Waals surface area contributed by atoms with Gasteiger partial charge in [0.05, 0.1) is 24.2 Å². The molecule has 0 atom stereocenters. The molecule has 2 heterocycles. The van der Waals surface area contributed by atoms with Gasteiger partial charge in [0.15, 0.2) is 0 Å². The van der Waals surface area contributed by atoms with Crippen LogP contribution >= 0.6 is 0 Å². The van der Waals surface area contributed by atoms with Crippen molar-refractivity contribution in [3.63, 3.8) is 0 Å². The van der Waals surface area contributed by atoms with Crippen molar-refractivity contribution >= 4 is 11.9 Å². The molecule has 176 valence electrons. The second kappa shape index (κ2) is 8.34. The summed E-state index contributed by atoms with van der Waals surface area (Å²) in [6, 6.07) is 10.8. The SMILES string of the molecule is CN(C)C1(c2ccccc2)CCC2(CC1)CN(CC(C)(C)C(N)=O)C(=O)N2CC1COC1. The molecule has 2 N–H and O–H groups in total. The highest BCUT2D eigenvalue weighted by Gasteiger charge is 2.55. The lowest BCUT2D eigenvalue weighted by molar-refractivity contribution is -0.126. The maximum atomic E-state index is 13.6. The Bertz CT molecular complexity index is 842. The summed E-state index contributed by atoms with van der Waals surface area (Å²) in [4.78, 5) is 31.9. The molecule has 2 aliphatic heterocycles.